The lowest BCUT2D eigenvalue weighted by molar-refractivity contribution is -0.339. The fourth-order valence-corrected chi connectivity index (χ4v) is 5.26. The highest BCUT2D eigenvalue weighted by Crippen LogP contribution is 2.51. The van der Waals surface area contributed by atoms with Gasteiger partial charge in [0.2, 0.25) is 12.7 Å². The first-order valence-corrected chi connectivity index (χ1v) is 15.8. The predicted molar refractivity (Wildman–Crippen MR) is 158 cm³/mol. The molecule has 2 aromatic rings. The molecule has 0 radical (unpaired) electrons. The van der Waals surface area contributed by atoms with Gasteiger partial charge in [-0.1, -0.05) is 0 Å². The molecule has 1 aromatic heterocycles. The van der Waals surface area contributed by atoms with Crippen molar-refractivity contribution in [3.05, 3.63) is 41.5 Å². The molecule has 3 amide bonds. The molecule has 2 aliphatic rings. The minimum atomic E-state index is -4.57. The molecule has 0 spiro atoms. The molecule has 0 N–H and O–H groups in total. The van der Waals surface area contributed by atoms with Crippen LogP contribution < -0.4 is 9.80 Å². The highest BCUT2D eigenvalue weighted by molar-refractivity contribution is 7.48. The van der Waals surface area contributed by atoms with Gasteiger partial charge in [-0.15, -0.1) is 9.35 Å². The first-order chi connectivity index (χ1) is 21.3. The number of benzene rings is 1. The van der Waals surface area contributed by atoms with Crippen LogP contribution >= 0.6 is 7.82 Å². The number of carbonyl (C=O) groups excluding carboxylic acids is 3. The average molecular weight is 672 g/mol. The van der Waals surface area contributed by atoms with Crippen molar-refractivity contribution >= 4 is 37.3 Å². The normalized spacial score (nSPS) is 16.9. The Labute approximate surface area is 265 Å². The summed E-state index contributed by atoms with van der Waals surface area (Å²) in [6.07, 6.45) is -1.06. The Morgan fingerprint density at radius 3 is 2.33 bits per heavy atom. The summed E-state index contributed by atoms with van der Waals surface area (Å²) in [5.74, 6) is -1.28. The van der Waals surface area contributed by atoms with Crippen LogP contribution in [0.3, 0.4) is 0 Å². The van der Waals surface area contributed by atoms with Crippen LogP contribution in [0.25, 0.3) is 0 Å². The molecular formula is C28H39FN5O11P. The Balaban J connectivity index is 1.34. The number of aromatic nitrogens is 2. The molecule has 18 heteroatoms. The van der Waals surface area contributed by atoms with E-state index in [0.717, 1.165) is 18.2 Å². The third-order valence-electron chi connectivity index (χ3n) is 6.29. The molecule has 16 nitrogen and oxygen atoms in total. The average Bonchev–Trinajstić information content (AvgIpc) is 3.60. The summed E-state index contributed by atoms with van der Waals surface area (Å²) in [4.78, 5) is 51.5. The van der Waals surface area contributed by atoms with Gasteiger partial charge in [0.05, 0.1) is 47.9 Å². The number of nitrogens with zero attached hydrogens (tertiary/aromatic N) is 5. The number of ether oxygens (including phenoxy) is 2. The maximum Gasteiger partial charge on any atom is 0.532 e. The smallest absolute Gasteiger partial charge is 0.442 e. The summed E-state index contributed by atoms with van der Waals surface area (Å²) in [5, 5.41) is 4.38. The van der Waals surface area contributed by atoms with E-state index in [0.29, 0.717) is 23.7 Å². The zero-order valence-corrected chi connectivity index (χ0v) is 27.9. The van der Waals surface area contributed by atoms with E-state index in [1.165, 1.54) is 11.0 Å². The molecular weight excluding hydrogens is 632 g/mol. The zero-order chi connectivity index (χ0) is 34.0. The molecule has 1 aromatic carbocycles. The summed E-state index contributed by atoms with van der Waals surface area (Å²) in [5.41, 5.74) is 0.654. The van der Waals surface area contributed by atoms with E-state index in [2.05, 4.69) is 5.10 Å². The van der Waals surface area contributed by atoms with Gasteiger partial charge < -0.3 is 14.4 Å². The van der Waals surface area contributed by atoms with Gasteiger partial charge in [0, 0.05) is 32.3 Å². The fourth-order valence-electron chi connectivity index (χ4n) is 4.33. The van der Waals surface area contributed by atoms with Crippen LogP contribution in [0.5, 0.6) is 0 Å². The van der Waals surface area contributed by atoms with Crippen molar-refractivity contribution in [2.45, 2.75) is 78.9 Å². The number of carbonyl (C=O) groups is 3. The fraction of sp³-hybridized carbons (Fsp3) is 0.571. The molecule has 1 atom stereocenters. The van der Waals surface area contributed by atoms with Gasteiger partial charge in [0.15, 0.2) is 0 Å². The second-order valence-electron chi connectivity index (χ2n) is 12.7. The van der Waals surface area contributed by atoms with Crippen LogP contribution in [-0.2, 0) is 62.6 Å². The number of hydrogen-bond acceptors (Lipinski definition) is 13. The Morgan fingerprint density at radius 2 is 1.76 bits per heavy atom. The molecule has 0 bridgehead atoms. The maximum absolute atomic E-state index is 15.2. The topological polar surface area (TPSA) is 160 Å². The lowest BCUT2D eigenvalue weighted by atomic mass is 10.2. The van der Waals surface area contributed by atoms with E-state index in [-0.39, 0.29) is 18.8 Å². The van der Waals surface area contributed by atoms with Crippen molar-refractivity contribution in [3.8, 4) is 0 Å². The number of anilines is 2. The minimum Gasteiger partial charge on any atom is -0.442 e. The monoisotopic (exact) mass is 671 g/mol. The number of fused-ring (bicyclic) bond motifs is 1. The molecule has 0 saturated carbocycles. The third-order valence-corrected chi connectivity index (χ3v) is 7.22. The van der Waals surface area contributed by atoms with Crippen LogP contribution in [0, 0.1) is 5.82 Å². The van der Waals surface area contributed by atoms with Crippen molar-refractivity contribution in [1.29, 1.82) is 0 Å². The van der Waals surface area contributed by atoms with Crippen molar-refractivity contribution < 1.29 is 56.5 Å². The minimum absolute atomic E-state index is 0.0872. The lowest BCUT2D eigenvalue weighted by Gasteiger charge is -2.25. The van der Waals surface area contributed by atoms with Crippen molar-refractivity contribution in [2.75, 3.05) is 29.7 Å². The van der Waals surface area contributed by atoms with Crippen LogP contribution in [0.15, 0.2) is 24.4 Å². The van der Waals surface area contributed by atoms with E-state index in [1.54, 1.807) is 58.4 Å². The van der Waals surface area contributed by atoms with Crippen molar-refractivity contribution in [1.82, 2.24) is 14.7 Å². The summed E-state index contributed by atoms with van der Waals surface area (Å²) >= 11 is 0. The summed E-state index contributed by atoms with van der Waals surface area (Å²) < 4.78 is 54.9. The van der Waals surface area contributed by atoms with E-state index in [1.807, 2.05) is 18.1 Å². The number of aryl methyl sites for hydroxylation is 1. The highest BCUT2D eigenvalue weighted by atomic mass is 31.2. The molecule has 4 rings (SSSR count). The summed E-state index contributed by atoms with van der Waals surface area (Å²) in [7, 11) is -2.74. The first kappa shape index (κ1) is 35.3. The summed E-state index contributed by atoms with van der Waals surface area (Å²) in [6.45, 7) is 10.3. The second kappa shape index (κ2) is 13.6. The predicted octanol–water partition coefficient (Wildman–Crippen LogP) is 4.97. The van der Waals surface area contributed by atoms with E-state index in [4.69, 9.17) is 33.1 Å². The molecule has 254 valence electrons. The maximum atomic E-state index is 15.2. The van der Waals surface area contributed by atoms with Gasteiger partial charge in [-0.3, -0.25) is 14.4 Å². The van der Waals surface area contributed by atoms with Gasteiger partial charge in [-0.05, 0) is 59.7 Å². The molecule has 1 saturated heterocycles. The third kappa shape index (κ3) is 9.24. The Bertz CT molecular complexity index is 1460. The Morgan fingerprint density at radius 1 is 1.11 bits per heavy atom. The zero-order valence-electron chi connectivity index (χ0n) is 27.0. The van der Waals surface area contributed by atoms with Crippen LogP contribution in [-0.4, -0.2) is 70.0 Å². The molecule has 2 aliphatic heterocycles. The van der Waals surface area contributed by atoms with Gasteiger partial charge in [0.25, 0.3) is 0 Å². The van der Waals surface area contributed by atoms with Gasteiger partial charge in [0.1, 0.15) is 11.9 Å². The van der Waals surface area contributed by atoms with Gasteiger partial charge >= 0.3 is 20.0 Å². The number of phosphoric acid groups is 1. The van der Waals surface area contributed by atoms with Gasteiger partial charge in [-0.25, -0.2) is 37.7 Å². The largest absolute Gasteiger partial charge is 0.532 e. The van der Waals surface area contributed by atoms with Crippen LogP contribution in [0.4, 0.5) is 25.4 Å². The van der Waals surface area contributed by atoms with E-state index < -0.39 is 55.8 Å². The van der Waals surface area contributed by atoms with Crippen molar-refractivity contribution in [2.24, 2.45) is 7.05 Å². The number of halogens is 1. The lowest BCUT2D eigenvalue weighted by Crippen LogP contribution is -2.42. The first-order valence-electron chi connectivity index (χ1n) is 14.3. The molecule has 0 aliphatic carbocycles. The SMILES string of the molecule is CC(=O)N(C[C@H]1CN(c2ccc(N3Cc4cn(C)nc4C3)c(F)c2)C(=O)O1)C(=O)OCOP(=O)(OOC(C)(C)C)OOC(C)(C)C. The quantitative estimate of drug-likeness (QED) is 0.137. The second-order valence-corrected chi connectivity index (χ2v) is 14.1. The molecule has 0 unspecified atom stereocenters. The number of amides is 3. The Kier molecular flexibility index (Phi) is 10.4. The van der Waals surface area contributed by atoms with Gasteiger partial charge in [-0.2, -0.15) is 5.10 Å². The molecule has 3 heterocycles. The standard InChI is InChI=1S/C28H39FN5O11P/c1-18(35)33(25(36)39-17-40-46(38,44-42-27(2,3)4)45-43-28(5,6)7)14-21-15-34(26(37)41-21)20-9-10-24(22(29)11-20)32-13-19-12-31(8)30-23(19)16-32/h9-12,21H,13-17H2,1-8H3/t21-/m0/s1. The molecule has 1 fully saturated rings. The van der Waals surface area contributed by atoms with E-state index >= 15 is 4.39 Å². The van der Waals surface area contributed by atoms with Crippen molar-refractivity contribution in [3.63, 3.8) is 0 Å². The number of cyclic esters (lactones) is 1. The number of hydrogen-bond donors (Lipinski definition) is 0. The summed E-state index contributed by atoms with van der Waals surface area (Å²) in [6, 6.07) is 4.38. The highest BCUT2D eigenvalue weighted by Gasteiger charge is 2.38. The number of imide groups is 1. The Hall–Kier alpha value is -3.60. The van der Waals surface area contributed by atoms with Crippen LogP contribution in [0.1, 0.15) is 59.7 Å². The van der Waals surface area contributed by atoms with E-state index in [9.17, 15) is 18.9 Å². The molecule has 46 heavy (non-hydrogen) atoms. The van der Waals surface area contributed by atoms with Crippen LogP contribution in [0.2, 0.25) is 0 Å². The number of rotatable bonds is 11.